The number of methoxy groups -OCH3 is 1. The second kappa shape index (κ2) is 10.3. The van der Waals surface area contributed by atoms with Gasteiger partial charge in [0, 0.05) is 42.9 Å². The highest BCUT2D eigenvalue weighted by atomic mass is 32.2. The highest BCUT2D eigenvalue weighted by molar-refractivity contribution is 7.99. The molecule has 1 N–H and O–H groups in total. The van der Waals surface area contributed by atoms with Crippen molar-refractivity contribution in [3.05, 3.63) is 57.6 Å². The molecule has 0 aromatic heterocycles. The average Bonchev–Trinajstić information content (AvgIpc) is 2.74. The Kier molecular flexibility index (Phi) is 7.53. The molecule has 0 radical (unpaired) electrons. The Hall–Kier alpha value is -2.78. The van der Waals surface area contributed by atoms with E-state index in [0.29, 0.717) is 12.3 Å². The van der Waals surface area contributed by atoms with E-state index >= 15 is 0 Å². The van der Waals surface area contributed by atoms with Gasteiger partial charge in [0.2, 0.25) is 0 Å². The molecule has 1 aliphatic heterocycles. The van der Waals surface area contributed by atoms with Crippen molar-refractivity contribution in [2.75, 3.05) is 43.6 Å². The van der Waals surface area contributed by atoms with Crippen molar-refractivity contribution in [1.82, 2.24) is 4.90 Å². The topological polar surface area (TPSA) is 93.9 Å². The molecule has 1 heterocycles. The maximum absolute atomic E-state index is 12.9. The first-order valence-electron chi connectivity index (χ1n) is 9.71. The fourth-order valence-corrected chi connectivity index (χ4v) is 4.25. The number of carbonyl (C=O) groups is 1. The molecule has 0 spiro atoms. The first-order chi connectivity index (χ1) is 14.5. The van der Waals surface area contributed by atoms with Crippen molar-refractivity contribution >= 4 is 29.0 Å². The third kappa shape index (κ3) is 5.43. The number of nitro groups is 1. The summed E-state index contributed by atoms with van der Waals surface area (Å²) in [5.74, 6) is 2.17. The number of anilines is 1. The summed E-state index contributed by atoms with van der Waals surface area (Å²) < 4.78 is 10.6. The standard InChI is InChI=1S/C21H25N3O5S/c1-3-29-20-13-18(24(26)27)17(12-19(20)28-2)21(25)22-16-6-4-5-15(11-16)14-23-7-9-30-10-8-23/h4-6,11-13H,3,7-10,14H2,1-2H3,(H,22,25). The third-order valence-electron chi connectivity index (χ3n) is 4.72. The van der Waals surface area contributed by atoms with Gasteiger partial charge in [0.05, 0.1) is 24.7 Å². The first kappa shape index (κ1) is 21.9. The van der Waals surface area contributed by atoms with Crippen LogP contribution in [0.5, 0.6) is 11.5 Å². The molecular weight excluding hydrogens is 406 g/mol. The highest BCUT2D eigenvalue weighted by Crippen LogP contribution is 2.35. The van der Waals surface area contributed by atoms with Gasteiger partial charge >= 0.3 is 0 Å². The summed E-state index contributed by atoms with van der Waals surface area (Å²) in [6, 6.07) is 10.1. The monoisotopic (exact) mass is 431 g/mol. The van der Waals surface area contributed by atoms with E-state index in [0.717, 1.165) is 36.7 Å². The molecule has 30 heavy (non-hydrogen) atoms. The van der Waals surface area contributed by atoms with Crippen molar-refractivity contribution in [3.8, 4) is 11.5 Å². The van der Waals surface area contributed by atoms with Crippen LogP contribution >= 0.6 is 11.8 Å². The summed E-state index contributed by atoms with van der Waals surface area (Å²) >= 11 is 1.96. The van der Waals surface area contributed by atoms with E-state index in [1.165, 1.54) is 19.2 Å². The summed E-state index contributed by atoms with van der Waals surface area (Å²) in [4.78, 5) is 26.2. The zero-order valence-electron chi connectivity index (χ0n) is 17.1. The lowest BCUT2D eigenvalue weighted by Crippen LogP contribution is -2.31. The van der Waals surface area contributed by atoms with Gasteiger partial charge in [0.25, 0.3) is 11.6 Å². The number of ether oxygens (including phenoxy) is 2. The number of nitro benzene ring substituents is 1. The normalized spacial score (nSPS) is 14.2. The van der Waals surface area contributed by atoms with Crippen LogP contribution < -0.4 is 14.8 Å². The Morgan fingerprint density at radius 3 is 2.67 bits per heavy atom. The summed E-state index contributed by atoms with van der Waals surface area (Å²) in [5, 5.41) is 14.3. The van der Waals surface area contributed by atoms with Crippen LogP contribution in [0.25, 0.3) is 0 Å². The number of amides is 1. The minimum Gasteiger partial charge on any atom is -0.493 e. The summed E-state index contributed by atoms with van der Waals surface area (Å²) in [7, 11) is 1.42. The van der Waals surface area contributed by atoms with E-state index in [2.05, 4.69) is 10.2 Å². The Labute approximate surface area is 179 Å². The Balaban J connectivity index is 1.81. The maximum Gasteiger partial charge on any atom is 0.286 e. The smallest absolute Gasteiger partial charge is 0.286 e. The molecule has 9 heteroatoms. The van der Waals surface area contributed by atoms with Crippen LogP contribution in [-0.2, 0) is 6.54 Å². The Morgan fingerprint density at radius 2 is 2.00 bits per heavy atom. The predicted molar refractivity (Wildman–Crippen MR) is 118 cm³/mol. The van der Waals surface area contributed by atoms with Gasteiger partial charge in [-0.15, -0.1) is 0 Å². The number of nitrogens with one attached hydrogen (secondary N) is 1. The zero-order valence-corrected chi connectivity index (χ0v) is 17.9. The fraction of sp³-hybridized carbons (Fsp3) is 0.381. The van der Waals surface area contributed by atoms with Gasteiger partial charge < -0.3 is 14.8 Å². The van der Waals surface area contributed by atoms with Crippen molar-refractivity contribution < 1.29 is 19.2 Å². The fourth-order valence-electron chi connectivity index (χ4n) is 3.27. The van der Waals surface area contributed by atoms with Gasteiger partial charge in [0.1, 0.15) is 5.56 Å². The highest BCUT2D eigenvalue weighted by Gasteiger charge is 2.25. The lowest BCUT2D eigenvalue weighted by molar-refractivity contribution is -0.385. The number of thioether (sulfide) groups is 1. The summed E-state index contributed by atoms with van der Waals surface area (Å²) in [6.07, 6.45) is 0. The van der Waals surface area contributed by atoms with E-state index < -0.39 is 10.8 Å². The SMILES string of the molecule is CCOc1cc([N+](=O)[O-])c(C(=O)Nc2cccc(CN3CCSCC3)c2)cc1OC. The van der Waals surface area contributed by atoms with Crippen molar-refractivity contribution in [1.29, 1.82) is 0 Å². The van der Waals surface area contributed by atoms with Crippen LogP contribution in [0.2, 0.25) is 0 Å². The molecule has 2 aromatic rings. The predicted octanol–water partition coefficient (Wildman–Crippen LogP) is 3.80. The second-order valence-corrected chi connectivity index (χ2v) is 7.98. The maximum atomic E-state index is 12.9. The molecular formula is C21H25N3O5S. The van der Waals surface area contributed by atoms with Crippen molar-refractivity contribution in [3.63, 3.8) is 0 Å². The van der Waals surface area contributed by atoms with Gasteiger partial charge in [-0.3, -0.25) is 19.8 Å². The number of carbonyl (C=O) groups excluding carboxylic acids is 1. The van der Waals surface area contributed by atoms with Crippen LogP contribution in [0.4, 0.5) is 11.4 Å². The van der Waals surface area contributed by atoms with Gasteiger partial charge in [-0.25, -0.2) is 0 Å². The molecule has 8 nitrogen and oxygen atoms in total. The summed E-state index contributed by atoms with van der Waals surface area (Å²) in [5.41, 5.74) is 1.25. The molecule has 0 bridgehead atoms. The van der Waals surface area contributed by atoms with Crippen molar-refractivity contribution in [2.45, 2.75) is 13.5 Å². The number of hydrogen-bond donors (Lipinski definition) is 1. The molecule has 0 saturated carbocycles. The van der Waals surface area contributed by atoms with Crippen molar-refractivity contribution in [2.24, 2.45) is 0 Å². The molecule has 0 unspecified atom stereocenters. The number of rotatable bonds is 8. The van der Waals surface area contributed by atoms with Crippen LogP contribution in [0, 0.1) is 10.1 Å². The van der Waals surface area contributed by atoms with Gasteiger partial charge in [0.15, 0.2) is 11.5 Å². The Morgan fingerprint density at radius 1 is 1.23 bits per heavy atom. The molecule has 1 saturated heterocycles. The molecule has 1 amide bonds. The minimum absolute atomic E-state index is 0.0845. The van der Waals surface area contributed by atoms with Crippen LogP contribution in [0.1, 0.15) is 22.8 Å². The van der Waals surface area contributed by atoms with E-state index in [1.807, 2.05) is 30.0 Å². The van der Waals surface area contributed by atoms with E-state index in [-0.39, 0.29) is 22.7 Å². The molecule has 1 fully saturated rings. The summed E-state index contributed by atoms with van der Waals surface area (Å²) in [6.45, 7) is 4.98. The number of hydrogen-bond acceptors (Lipinski definition) is 7. The zero-order chi connectivity index (χ0) is 21.5. The lowest BCUT2D eigenvalue weighted by Gasteiger charge is -2.26. The molecule has 160 valence electrons. The van der Waals surface area contributed by atoms with Crippen LogP contribution in [0.15, 0.2) is 36.4 Å². The quantitative estimate of drug-likeness (QED) is 0.502. The number of nitrogens with zero attached hydrogens (tertiary/aromatic N) is 2. The number of benzene rings is 2. The molecule has 0 aliphatic carbocycles. The van der Waals surface area contributed by atoms with Gasteiger partial charge in [-0.05, 0) is 24.6 Å². The minimum atomic E-state index is -0.596. The first-order valence-corrected chi connectivity index (χ1v) is 10.9. The Bertz CT molecular complexity index is 916. The third-order valence-corrected chi connectivity index (χ3v) is 5.66. The van der Waals surface area contributed by atoms with E-state index in [9.17, 15) is 14.9 Å². The molecule has 1 aliphatic rings. The molecule has 3 rings (SSSR count). The second-order valence-electron chi connectivity index (χ2n) is 6.75. The van der Waals surface area contributed by atoms with Gasteiger partial charge in [-0.1, -0.05) is 12.1 Å². The van der Waals surface area contributed by atoms with Gasteiger partial charge in [-0.2, -0.15) is 11.8 Å². The lowest BCUT2D eigenvalue weighted by atomic mass is 10.1. The largest absolute Gasteiger partial charge is 0.493 e. The molecule has 2 aromatic carbocycles. The van der Waals surface area contributed by atoms with E-state index in [4.69, 9.17) is 9.47 Å². The van der Waals surface area contributed by atoms with E-state index in [1.54, 1.807) is 13.0 Å². The molecule has 0 atom stereocenters. The van der Waals surface area contributed by atoms with Crippen LogP contribution in [-0.4, -0.2) is 54.0 Å². The van der Waals surface area contributed by atoms with Crippen LogP contribution in [0.3, 0.4) is 0 Å². The average molecular weight is 432 g/mol.